The maximum absolute atomic E-state index is 13.6. The smallest absolute Gasteiger partial charge is 0.247 e. The zero-order valence-electron chi connectivity index (χ0n) is 14.3. The van der Waals surface area contributed by atoms with E-state index in [1.54, 1.807) is 5.01 Å². The Morgan fingerprint density at radius 1 is 1.13 bits per heavy atom. The maximum Gasteiger partial charge on any atom is 0.247 e. The zero-order valence-corrected chi connectivity index (χ0v) is 14.3. The molecule has 2 aliphatic carbocycles. The van der Waals surface area contributed by atoms with E-state index in [2.05, 4.69) is 31.2 Å². The Kier molecular flexibility index (Phi) is 5.05. The van der Waals surface area contributed by atoms with Crippen molar-refractivity contribution in [3.63, 3.8) is 0 Å². The molecule has 0 aliphatic heterocycles. The second-order valence-corrected chi connectivity index (χ2v) is 7.34. The summed E-state index contributed by atoms with van der Waals surface area (Å²) in [5.74, 6) is 6.95. The van der Waals surface area contributed by atoms with Gasteiger partial charge in [-0.25, -0.2) is 5.84 Å². The molecule has 2 saturated carbocycles. The molecule has 3 rings (SSSR count). The average molecular weight is 314 g/mol. The van der Waals surface area contributed by atoms with Crippen molar-refractivity contribution in [2.75, 3.05) is 0 Å². The van der Waals surface area contributed by atoms with E-state index in [9.17, 15) is 4.79 Å². The van der Waals surface area contributed by atoms with Crippen molar-refractivity contribution in [2.24, 2.45) is 11.8 Å². The van der Waals surface area contributed by atoms with Crippen LogP contribution < -0.4 is 5.84 Å². The highest BCUT2D eigenvalue weighted by molar-refractivity contribution is 5.88. The Labute approximate surface area is 140 Å². The summed E-state index contributed by atoms with van der Waals surface area (Å²) in [4.78, 5) is 13.6. The van der Waals surface area contributed by atoms with Crippen molar-refractivity contribution in [1.82, 2.24) is 5.01 Å². The molecule has 23 heavy (non-hydrogen) atoms. The third-order valence-electron chi connectivity index (χ3n) is 6.19. The van der Waals surface area contributed by atoms with Crippen molar-refractivity contribution >= 4 is 5.91 Å². The molecular formula is C20H30N2O. The molecule has 0 saturated heterocycles. The van der Waals surface area contributed by atoms with Gasteiger partial charge < -0.3 is 0 Å². The van der Waals surface area contributed by atoms with Crippen LogP contribution in [0, 0.1) is 5.92 Å². The van der Waals surface area contributed by atoms with Gasteiger partial charge in [-0.15, -0.1) is 0 Å². The molecule has 0 heterocycles. The highest BCUT2D eigenvalue weighted by atomic mass is 16.2. The predicted molar refractivity (Wildman–Crippen MR) is 93.7 cm³/mol. The Morgan fingerprint density at radius 3 is 2.43 bits per heavy atom. The van der Waals surface area contributed by atoms with Crippen LogP contribution in [0.5, 0.6) is 0 Å². The second-order valence-electron chi connectivity index (χ2n) is 7.34. The molecule has 3 nitrogen and oxygen atoms in total. The summed E-state index contributed by atoms with van der Waals surface area (Å²) < 4.78 is 0. The van der Waals surface area contributed by atoms with Crippen LogP contribution in [0.1, 0.15) is 70.3 Å². The highest BCUT2D eigenvalue weighted by Crippen LogP contribution is 2.47. The number of hydrogen-bond donors (Lipinski definition) is 1. The normalized spacial score (nSPS) is 28.7. The van der Waals surface area contributed by atoms with Gasteiger partial charge in [-0.1, -0.05) is 69.4 Å². The summed E-state index contributed by atoms with van der Waals surface area (Å²) in [6.07, 6.45) is 9.98. The summed E-state index contributed by atoms with van der Waals surface area (Å²) in [5, 5.41) is 1.62. The first-order valence-corrected chi connectivity index (χ1v) is 9.34. The summed E-state index contributed by atoms with van der Waals surface area (Å²) in [6.45, 7) is 2.22. The van der Waals surface area contributed by atoms with E-state index in [0.717, 1.165) is 38.5 Å². The summed E-state index contributed by atoms with van der Waals surface area (Å²) >= 11 is 0. The monoisotopic (exact) mass is 314 g/mol. The fraction of sp³-hybridized carbons (Fsp3) is 0.650. The number of hydrogen-bond acceptors (Lipinski definition) is 2. The van der Waals surface area contributed by atoms with Crippen LogP contribution in [0.2, 0.25) is 0 Å². The van der Waals surface area contributed by atoms with Crippen LogP contribution in [0.15, 0.2) is 30.3 Å². The third-order valence-corrected chi connectivity index (χ3v) is 6.19. The first-order valence-electron chi connectivity index (χ1n) is 9.34. The summed E-state index contributed by atoms with van der Waals surface area (Å²) in [6, 6.07) is 10.7. The van der Waals surface area contributed by atoms with Crippen LogP contribution in [0.25, 0.3) is 0 Å². The molecule has 2 aliphatic rings. The van der Waals surface area contributed by atoms with Crippen molar-refractivity contribution in [2.45, 2.75) is 76.2 Å². The molecule has 1 amide bonds. The van der Waals surface area contributed by atoms with Gasteiger partial charge in [0.15, 0.2) is 0 Å². The number of benzene rings is 1. The van der Waals surface area contributed by atoms with E-state index in [1.165, 1.54) is 24.8 Å². The van der Waals surface area contributed by atoms with Crippen molar-refractivity contribution < 1.29 is 4.79 Å². The van der Waals surface area contributed by atoms with Gasteiger partial charge >= 0.3 is 0 Å². The van der Waals surface area contributed by atoms with Gasteiger partial charge in [-0.2, -0.15) is 0 Å². The molecule has 0 aromatic heterocycles. The molecule has 0 radical (unpaired) electrons. The highest BCUT2D eigenvalue weighted by Gasteiger charge is 2.49. The number of nitrogens with zero attached hydrogens (tertiary/aromatic N) is 1. The van der Waals surface area contributed by atoms with Gasteiger partial charge in [0.2, 0.25) is 5.91 Å². The SMILES string of the molecule is CCC1CCCCC1(C(=O)N(N)C1CCCC1)c1ccccc1. The van der Waals surface area contributed by atoms with Gasteiger partial charge in [0.25, 0.3) is 0 Å². The Bertz CT molecular complexity index is 524. The fourth-order valence-corrected chi connectivity index (χ4v) is 4.90. The Morgan fingerprint density at radius 2 is 1.78 bits per heavy atom. The lowest BCUT2D eigenvalue weighted by Crippen LogP contribution is -2.57. The molecule has 0 spiro atoms. The van der Waals surface area contributed by atoms with Crippen LogP contribution in [-0.4, -0.2) is 17.0 Å². The fourth-order valence-electron chi connectivity index (χ4n) is 4.90. The first-order chi connectivity index (χ1) is 11.2. The number of nitrogens with two attached hydrogens (primary N) is 1. The van der Waals surface area contributed by atoms with Gasteiger partial charge in [-0.05, 0) is 37.2 Å². The average Bonchev–Trinajstić information content (AvgIpc) is 3.15. The molecule has 2 N–H and O–H groups in total. The minimum Gasteiger partial charge on any atom is -0.277 e. The number of amides is 1. The third kappa shape index (κ3) is 2.91. The minimum absolute atomic E-state index is 0.169. The number of hydrazine groups is 1. The van der Waals surface area contributed by atoms with Gasteiger partial charge in [0.05, 0.1) is 5.41 Å². The quantitative estimate of drug-likeness (QED) is 0.515. The zero-order chi connectivity index (χ0) is 16.3. The molecule has 3 heteroatoms. The number of carbonyl (C=O) groups excluding carboxylic acids is 1. The van der Waals surface area contributed by atoms with E-state index >= 15 is 0 Å². The van der Waals surface area contributed by atoms with Crippen LogP contribution in [0.3, 0.4) is 0 Å². The Balaban J connectivity index is 1.99. The molecule has 1 aromatic carbocycles. The number of rotatable bonds is 4. The lowest BCUT2D eigenvalue weighted by atomic mass is 9.61. The van der Waals surface area contributed by atoms with Crippen LogP contribution in [0.4, 0.5) is 0 Å². The van der Waals surface area contributed by atoms with Crippen molar-refractivity contribution in [3.8, 4) is 0 Å². The topological polar surface area (TPSA) is 46.3 Å². The summed E-state index contributed by atoms with van der Waals surface area (Å²) in [5.41, 5.74) is 0.760. The molecular weight excluding hydrogens is 284 g/mol. The molecule has 2 atom stereocenters. The van der Waals surface area contributed by atoms with E-state index < -0.39 is 5.41 Å². The lowest BCUT2D eigenvalue weighted by Gasteiger charge is -2.46. The maximum atomic E-state index is 13.6. The molecule has 2 fully saturated rings. The van der Waals surface area contributed by atoms with Gasteiger partial charge in [0, 0.05) is 6.04 Å². The van der Waals surface area contributed by atoms with E-state index in [1.807, 2.05) is 6.07 Å². The Hall–Kier alpha value is -1.35. The van der Waals surface area contributed by atoms with Crippen molar-refractivity contribution in [3.05, 3.63) is 35.9 Å². The molecule has 0 bridgehead atoms. The standard InChI is InChI=1S/C20H30N2O/c1-2-16-10-8-9-15-20(16,17-11-4-3-5-12-17)19(23)22(21)18-13-6-7-14-18/h3-5,11-12,16,18H,2,6-10,13-15,21H2,1H3. The van der Waals surface area contributed by atoms with E-state index in [0.29, 0.717) is 5.92 Å². The molecule has 126 valence electrons. The lowest BCUT2D eigenvalue weighted by molar-refractivity contribution is -0.144. The van der Waals surface area contributed by atoms with Crippen LogP contribution in [-0.2, 0) is 10.2 Å². The molecule has 1 aromatic rings. The van der Waals surface area contributed by atoms with E-state index in [4.69, 9.17) is 5.84 Å². The van der Waals surface area contributed by atoms with Crippen LogP contribution >= 0.6 is 0 Å². The number of carbonyl (C=O) groups is 1. The molecule has 2 unspecified atom stereocenters. The first kappa shape index (κ1) is 16.5. The van der Waals surface area contributed by atoms with Gasteiger partial charge in [0.1, 0.15) is 0 Å². The second kappa shape index (κ2) is 7.04. The summed E-state index contributed by atoms with van der Waals surface area (Å²) in [7, 11) is 0. The largest absolute Gasteiger partial charge is 0.277 e. The van der Waals surface area contributed by atoms with E-state index in [-0.39, 0.29) is 11.9 Å². The minimum atomic E-state index is -0.411. The van der Waals surface area contributed by atoms with Gasteiger partial charge in [-0.3, -0.25) is 9.80 Å². The van der Waals surface area contributed by atoms with Crippen molar-refractivity contribution in [1.29, 1.82) is 0 Å². The predicted octanol–water partition coefficient (Wildman–Crippen LogP) is 4.17.